The zero-order valence-corrected chi connectivity index (χ0v) is 8.60. The number of hydrogen-bond donors (Lipinski definition) is 1. The van der Waals surface area contributed by atoms with Crippen LogP contribution in [0.25, 0.3) is 0 Å². The smallest absolute Gasteiger partial charge is 0.482 e. The summed E-state index contributed by atoms with van der Waals surface area (Å²) in [6, 6.07) is 0. The van der Waals surface area contributed by atoms with Crippen molar-refractivity contribution in [1.29, 1.82) is 0 Å². The zero-order valence-electron chi connectivity index (χ0n) is 3.76. The fourth-order valence-corrected chi connectivity index (χ4v) is 0. The molecule has 0 N–H and O–H groups in total. The Morgan fingerprint density at radius 3 is 2.00 bits per heavy atom. The number of hydrogen-bond acceptors (Lipinski definition) is 2. The maximum atomic E-state index is 4.35. The van der Waals surface area contributed by atoms with Gasteiger partial charge >= 0.3 is 51.4 Å². The molecule has 0 saturated carbocycles. The van der Waals surface area contributed by atoms with Crippen molar-refractivity contribution in [2.45, 2.75) is 0 Å². The third-order valence-electron chi connectivity index (χ3n) is 0.175. The molecule has 0 aromatic rings. The van der Waals surface area contributed by atoms with E-state index in [0.29, 0.717) is 0 Å². The van der Waals surface area contributed by atoms with Crippen molar-refractivity contribution in [2.75, 3.05) is 7.11 Å². The van der Waals surface area contributed by atoms with E-state index in [4.69, 9.17) is 0 Å². The first-order valence-corrected chi connectivity index (χ1v) is 1.90. The van der Waals surface area contributed by atoms with Gasteiger partial charge in [0.1, 0.15) is 0 Å². The molecule has 0 rings (SSSR count). The minimum absolute atomic E-state index is 0. The molecule has 0 atom stereocenters. The maximum absolute atomic E-state index is 4.35. The van der Waals surface area contributed by atoms with Gasteiger partial charge in [-0.05, 0) is 12.2 Å². The average Bonchev–Trinajstić information content (AvgIpc) is 1.38. The Kier molecular flexibility index (Phi) is 12.4. The molecule has 0 heterocycles. The van der Waals surface area contributed by atoms with Crippen molar-refractivity contribution in [2.24, 2.45) is 0 Å². The van der Waals surface area contributed by atoms with Crippen LogP contribution in [0.15, 0.2) is 0 Å². The molecule has 1 nitrogen and oxygen atoms in total. The van der Waals surface area contributed by atoms with E-state index in [1.165, 1.54) is 7.11 Å². The molecule has 0 radical (unpaired) electrons. The van der Waals surface area contributed by atoms with Gasteiger partial charge in [-0.1, -0.05) is 12.6 Å². The molecule has 0 bridgehead atoms. The Balaban J connectivity index is 0. The second-order valence-electron chi connectivity index (χ2n) is 0.470. The average molecular weight is 147 g/mol. The predicted octanol–water partition coefficient (Wildman–Crippen LogP) is -2.15. The minimum atomic E-state index is 0. The van der Waals surface area contributed by atoms with Crippen LogP contribution in [0.2, 0.25) is 0 Å². The number of rotatable bonds is 0. The Morgan fingerprint density at radius 2 is 2.00 bits per heavy atom. The Morgan fingerprint density at radius 1 is 1.83 bits per heavy atom. The van der Waals surface area contributed by atoms with Gasteiger partial charge in [-0.2, -0.15) is 0 Å². The number of thiol groups is 1. The summed E-state index contributed by atoms with van der Waals surface area (Å²) >= 11 is 7.95. The third-order valence-corrected chi connectivity index (χ3v) is 0.524. The van der Waals surface area contributed by atoms with E-state index in [0.717, 1.165) is 0 Å². The van der Waals surface area contributed by atoms with Gasteiger partial charge in [0.05, 0.1) is 7.11 Å². The fourth-order valence-electron chi connectivity index (χ4n) is 0. The molecule has 0 aliphatic carbocycles. The second kappa shape index (κ2) is 6.88. The monoisotopic (exact) mass is 147 g/mol. The molecular weight excluding hydrogens is 143 g/mol. The Bertz CT molecular complexity index is 46.8. The van der Waals surface area contributed by atoms with Crippen molar-refractivity contribution in [1.82, 2.24) is 0 Å². The van der Waals surface area contributed by atoms with Gasteiger partial charge in [0, 0.05) is 0 Å². The van der Waals surface area contributed by atoms with Crippen LogP contribution in [-0.2, 0) is 4.74 Å². The van der Waals surface area contributed by atoms with Crippen molar-refractivity contribution < 1.29 is 56.1 Å². The van der Waals surface area contributed by atoms with Crippen LogP contribution in [0.5, 0.6) is 0 Å². The molecule has 0 aliphatic heterocycles. The molecule has 0 aliphatic rings. The van der Waals surface area contributed by atoms with Crippen LogP contribution in [0.3, 0.4) is 0 Å². The molecule has 0 aromatic heterocycles. The Hall–Kier alpha value is 1.88. The predicted molar refractivity (Wildman–Crippen MR) is 28.6 cm³/mol. The molecule has 0 aromatic carbocycles. The van der Waals surface area contributed by atoms with E-state index in [1.54, 1.807) is 0 Å². The first-order valence-electron chi connectivity index (χ1n) is 1.04. The van der Waals surface area contributed by atoms with Crippen molar-refractivity contribution in [3.8, 4) is 0 Å². The standard InChI is InChI=1S/C2H4OS2.K/c1-3-2(4)5;/h1H3,(H,4,5);/q;+1. The molecule has 0 amide bonds. The van der Waals surface area contributed by atoms with Crippen LogP contribution in [0, 0.1) is 0 Å². The SMILES string of the molecule is COC(=S)S.[K+]. The summed E-state index contributed by atoms with van der Waals surface area (Å²) in [6.45, 7) is 0. The van der Waals surface area contributed by atoms with Gasteiger partial charge in [-0.25, -0.2) is 0 Å². The van der Waals surface area contributed by atoms with Gasteiger partial charge in [-0.15, -0.1) is 0 Å². The molecule has 0 spiro atoms. The summed E-state index contributed by atoms with van der Waals surface area (Å²) in [6.07, 6.45) is 0. The fraction of sp³-hybridized carbons (Fsp3) is 0.500. The molecule has 0 fully saturated rings. The molecule has 4 heteroatoms. The first-order chi connectivity index (χ1) is 2.27. The van der Waals surface area contributed by atoms with Crippen LogP contribution in [0.4, 0.5) is 0 Å². The van der Waals surface area contributed by atoms with E-state index >= 15 is 0 Å². The van der Waals surface area contributed by atoms with Crippen LogP contribution < -0.4 is 51.4 Å². The second-order valence-corrected chi connectivity index (χ2v) is 1.55. The normalized spacial score (nSPS) is 5.67. The van der Waals surface area contributed by atoms with E-state index in [1.807, 2.05) is 0 Å². The summed E-state index contributed by atoms with van der Waals surface area (Å²) < 4.78 is 4.63. The topological polar surface area (TPSA) is 9.23 Å². The van der Waals surface area contributed by atoms with E-state index in [9.17, 15) is 0 Å². The van der Waals surface area contributed by atoms with E-state index in [-0.39, 0.29) is 55.8 Å². The van der Waals surface area contributed by atoms with Gasteiger partial charge in [0.2, 0.25) is 4.38 Å². The summed E-state index contributed by atoms with van der Waals surface area (Å²) in [5, 5.41) is 0. The van der Waals surface area contributed by atoms with E-state index in [2.05, 4.69) is 29.6 Å². The third kappa shape index (κ3) is 9.30. The van der Waals surface area contributed by atoms with Gasteiger partial charge in [-0.3, -0.25) is 0 Å². The van der Waals surface area contributed by atoms with Crippen molar-refractivity contribution in [3.63, 3.8) is 0 Å². The van der Waals surface area contributed by atoms with Crippen LogP contribution in [-0.4, -0.2) is 11.5 Å². The zero-order chi connectivity index (χ0) is 4.28. The number of ether oxygens (including phenoxy) is 1. The molecular formula is C2H4KOS2+. The summed E-state index contributed by atoms with van der Waals surface area (Å²) in [5.74, 6) is 0. The van der Waals surface area contributed by atoms with Crippen LogP contribution >= 0.6 is 24.8 Å². The van der Waals surface area contributed by atoms with Gasteiger partial charge in [0.15, 0.2) is 0 Å². The van der Waals surface area contributed by atoms with Crippen LogP contribution in [0.1, 0.15) is 0 Å². The number of thiocarbonyl (C=S) groups is 1. The summed E-state index contributed by atoms with van der Waals surface area (Å²) in [7, 11) is 1.48. The molecule has 0 saturated heterocycles. The van der Waals surface area contributed by atoms with E-state index < -0.39 is 0 Å². The molecule has 30 valence electrons. The summed E-state index contributed by atoms with van der Waals surface area (Å²) in [5.41, 5.74) is 0. The van der Waals surface area contributed by atoms with Crippen molar-refractivity contribution >= 4 is 29.2 Å². The van der Waals surface area contributed by atoms with Gasteiger partial charge in [0.25, 0.3) is 0 Å². The Labute approximate surface area is 90.7 Å². The molecule has 0 unspecified atom stereocenters. The maximum Gasteiger partial charge on any atom is 1.00 e. The minimum Gasteiger partial charge on any atom is -0.482 e. The summed E-state index contributed by atoms with van der Waals surface area (Å²) in [4.78, 5) is 0. The number of methoxy groups -OCH3 is 1. The quantitative estimate of drug-likeness (QED) is 0.238. The largest absolute Gasteiger partial charge is 1.00 e. The van der Waals surface area contributed by atoms with Gasteiger partial charge < -0.3 is 4.74 Å². The van der Waals surface area contributed by atoms with Crippen molar-refractivity contribution in [3.05, 3.63) is 0 Å². The first kappa shape index (κ1) is 10.8. The molecule has 6 heavy (non-hydrogen) atoms.